The smallest absolute Gasteiger partial charge is 0.320 e. The van der Waals surface area contributed by atoms with Crippen LogP contribution in [0.5, 0.6) is 5.88 Å². The Hall–Kier alpha value is -2.81. The molecule has 2 atom stereocenters. The van der Waals surface area contributed by atoms with E-state index in [0.29, 0.717) is 30.3 Å². The molecule has 4 fully saturated rings. The van der Waals surface area contributed by atoms with Gasteiger partial charge >= 0.3 is 6.03 Å². The SMILES string of the molecule is COc1cc2ccn(CC3CC4(C3)CN(C(=O)N3CC[C@@H]5OCC(=O)N[C@@H]5C3)C4)c2cn1. The van der Waals surface area contributed by atoms with Gasteiger partial charge in [-0.1, -0.05) is 0 Å². The molecule has 3 saturated heterocycles. The van der Waals surface area contributed by atoms with Crippen LogP contribution in [0.25, 0.3) is 10.9 Å². The second-order valence-electron chi connectivity index (χ2n) is 9.92. The summed E-state index contributed by atoms with van der Waals surface area (Å²) in [6, 6.07) is 4.11. The van der Waals surface area contributed by atoms with E-state index in [9.17, 15) is 9.59 Å². The number of nitrogens with one attached hydrogen (secondary N) is 1. The van der Waals surface area contributed by atoms with Gasteiger partial charge < -0.3 is 29.2 Å². The third kappa shape index (κ3) is 3.30. The molecule has 3 aliphatic heterocycles. The van der Waals surface area contributed by atoms with Gasteiger partial charge in [-0.2, -0.15) is 0 Å². The second-order valence-corrected chi connectivity index (χ2v) is 9.92. The Morgan fingerprint density at radius 3 is 3.00 bits per heavy atom. The molecule has 32 heavy (non-hydrogen) atoms. The van der Waals surface area contributed by atoms with E-state index in [-0.39, 0.29) is 30.7 Å². The first-order valence-corrected chi connectivity index (χ1v) is 11.5. The number of nitrogens with zero attached hydrogens (tertiary/aromatic N) is 4. The Labute approximate surface area is 186 Å². The zero-order valence-electron chi connectivity index (χ0n) is 18.3. The first-order valence-electron chi connectivity index (χ1n) is 11.5. The van der Waals surface area contributed by atoms with Crippen LogP contribution >= 0.6 is 0 Å². The van der Waals surface area contributed by atoms with Crippen LogP contribution < -0.4 is 10.1 Å². The highest BCUT2D eigenvalue weighted by Crippen LogP contribution is 2.52. The van der Waals surface area contributed by atoms with Gasteiger partial charge in [0.2, 0.25) is 11.8 Å². The number of hydrogen-bond acceptors (Lipinski definition) is 5. The number of piperidine rings is 1. The molecule has 6 rings (SSSR count). The summed E-state index contributed by atoms with van der Waals surface area (Å²) in [6.07, 6.45) is 7.15. The number of pyridine rings is 1. The predicted molar refractivity (Wildman–Crippen MR) is 116 cm³/mol. The lowest BCUT2D eigenvalue weighted by Crippen LogP contribution is -2.68. The summed E-state index contributed by atoms with van der Waals surface area (Å²) >= 11 is 0. The maximum atomic E-state index is 13.0. The molecule has 1 aliphatic carbocycles. The Morgan fingerprint density at radius 2 is 2.19 bits per heavy atom. The predicted octanol–water partition coefficient (Wildman–Crippen LogP) is 1.47. The summed E-state index contributed by atoms with van der Waals surface area (Å²) in [5, 5.41) is 4.12. The number of likely N-dealkylation sites (tertiary alicyclic amines) is 2. The summed E-state index contributed by atoms with van der Waals surface area (Å²) in [7, 11) is 1.63. The topological polar surface area (TPSA) is 88.9 Å². The largest absolute Gasteiger partial charge is 0.481 e. The standard InChI is InChI=1S/C23H29N5O4/c1-31-21-6-16-2-4-26(18(16)9-24-21)10-15-7-23(8-15)13-28(14-23)22(30)27-5-3-19-17(11-27)25-20(29)12-32-19/h2,4,6,9,15,17,19H,3,5,7-8,10-14H2,1H3,(H,25,29)/t17-,19+/m1/s1. The van der Waals surface area contributed by atoms with Gasteiger partial charge in [0.1, 0.15) is 6.61 Å². The van der Waals surface area contributed by atoms with E-state index in [1.165, 1.54) is 0 Å². The number of amides is 3. The summed E-state index contributed by atoms with van der Waals surface area (Å²) in [6.45, 7) is 4.06. The number of urea groups is 1. The normalized spacial score (nSPS) is 27.0. The minimum atomic E-state index is -0.0886. The van der Waals surface area contributed by atoms with Crippen LogP contribution in [0.4, 0.5) is 4.79 Å². The van der Waals surface area contributed by atoms with E-state index >= 15 is 0 Å². The number of methoxy groups -OCH3 is 1. The zero-order chi connectivity index (χ0) is 21.9. The summed E-state index contributed by atoms with van der Waals surface area (Å²) in [4.78, 5) is 32.8. The Kier molecular flexibility index (Phi) is 4.57. The molecule has 3 amide bonds. The second kappa shape index (κ2) is 7.37. The molecule has 0 radical (unpaired) electrons. The van der Waals surface area contributed by atoms with Crippen molar-refractivity contribution in [3.8, 4) is 5.88 Å². The summed E-state index contributed by atoms with van der Waals surface area (Å²) < 4.78 is 13.1. The lowest BCUT2D eigenvalue weighted by Gasteiger charge is -2.60. The first kappa shape index (κ1) is 19.8. The lowest BCUT2D eigenvalue weighted by atomic mass is 9.57. The molecule has 9 nitrogen and oxygen atoms in total. The van der Waals surface area contributed by atoms with Gasteiger partial charge in [0.05, 0.1) is 31.0 Å². The van der Waals surface area contributed by atoms with Gasteiger partial charge in [-0.3, -0.25) is 4.79 Å². The third-order valence-corrected chi connectivity index (χ3v) is 7.66. The molecule has 5 heterocycles. The van der Waals surface area contributed by atoms with Crippen LogP contribution in [-0.4, -0.2) is 83.3 Å². The minimum Gasteiger partial charge on any atom is -0.481 e. The third-order valence-electron chi connectivity index (χ3n) is 7.66. The highest BCUT2D eigenvalue weighted by atomic mass is 16.5. The fourth-order valence-electron chi connectivity index (χ4n) is 6.14. The van der Waals surface area contributed by atoms with E-state index in [1.54, 1.807) is 7.11 Å². The van der Waals surface area contributed by atoms with E-state index in [0.717, 1.165) is 49.8 Å². The number of carbonyl (C=O) groups excluding carboxylic acids is 2. The number of carbonyl (C=O) groups is 2. The average molecular weight is 440 g/mol. The van der Waals surface area contributed by atoms with Crippen molar-refractivity contribution in [3.63, 3.8) is 0 Å². The number of morpholine rings is 1. The van der Waals surface area contributed by atoms with Gasteiger partial charge in [-0.25, -0.2) is 9.78 Å². The fourth-order valence-corrected chi connectivity index (χ4v) is 6.14. The molecular weight excluding hydrogens is 410 g/mol. The van der Waals surface area contributed by atoms with Crippen molar-refractivity contribution in [1.29, 1.82) is 0 Å². The van der Waals surface area contributed by atoms with Crippen molar-refractivity contribution in [2.75, 3.05) is 39.9 Å². The van der Waals surface area contributed by atoms with Gasteiger partial charge in [-0.05, 0) is 31.2 Å². The van der Waals surface area contributed by atoms with Crippen molar-refractivity contribution < 1.29 is 19.1 Å². The summed E-state index contributed by atoms with van der Waals surface area (Å²) in [5.74, 6) is 1.18. The van der Waals surface area contributed by atoms with E-state index in [2.05, 4.69) is 27.1 Å². The molecule has 2 aromatic heterocycles. The zero-order valence-corrected chi connectivity index (χ0v) is 18.3. The van der Waals surface area contributed by atoms with Crippen molar-refractivity contribution in [2.24, 2.45) is 11.3 Å². The van der Waals surface area contributed by atoms with E-state index < -0.39 is 0 Å². The molecule has 4 aliphatic rings. The molecule has 0 unspecified atom stereocenters. The molecule has 0 bridgehead atoms. The van der Waals surface area contributed by atoms with Crippen LogP contribution in [-0.2, 0) is 16.1 Å². The number of hydrogen-bond donors (Lipinski definition) is 1. The van der Waals surface area contributed by atoms with Crippen molar-refractivity contribution in [2.45, 2.75) is 38.0 Å². The van der Waals surface area contributed by atoms with Crippen molar-refractivity contribution in [1.82, 2.24) is 24.7 Å². The van der Waals surface area contributed by atoms with Crippen LogP contribution in [0.2, 0.25) is 0 Å². The highest BCUT2D eigenvalue weighted by molar-refractivity contribution is 5.80. The Morgan fingerprint density at radius 1 is 1.34 bits per heavy atom. The number of aromatic nitrogens is 2. The maximum Gasteiger partial charge on any atom is 0.320 e. The molecule has 170 valence electrons. The van der Waals surface area contributed by atoms with Crippen LogP contribution in [0.1, 0.15) is 19.3 Å². The number of rotatable bonds is 3. The monoisotopic (exact) mass is 439 g/mol. The Balaban J connectivity index is 1.01. The molecule has 2 aromatic rings. The van der Waals surface area contributed by atoms with Crippen molar-refractivity contribution >= 4 is 22.8 Å². The highest BCUT2D eigenvalue weighted by Gasteiger charge is 2.54. The number of fused-ring (bicyclic) bond motifs is 2. The van der Waals surface area contributed by atoms with E-state index in [4.69, 9.17) is 9.47 Å². The van der Waals surface area contributed by atoms with Gasteiger partial charge in [-0.15, -0.1) is 0 Å². The van der Waals surface area contributed by atoms with Gasteiger partial charge in [0, 0.05) is 55.8 Å². The quantitative estimate of drug-likeness (QED) is 0.782. The van der Waals surface area contributed by atoms with Crippen LogP contribution in [0.15, 0.2) is 24.5 Å². The Bertz CT molecular complexity index is 1050. The lowest BCUT2D eigenvalue weighted by molar-refractivity contribution is -0.140. The fraction of sp³-hybridized carbons (Fsp3) is 0.609. The molecule has 1 spiro atoms. The van der Waals surface area contributed by atoms with Gasteiger partial charge in [0.15, 0.2) is 0 Å². The molecule has 1 N–H and O–H groups in total. The summed E-state index contributed by atoms with van der Waals surface area (Å²) in [5.41, 5.74) is 1.44. The first-order chi connectivity index (χ1) is 15.5. The maximum absolute atomic E-state index is 13.0. The minimum absolute atomic E-state index is 0.0351. The number of ether oxygens (including phenoxy) is 2. The molecule has 0 aromatic carbocycles. The molecule has 9 heteroatoms. The molecular formula is C23H29N5O4. The van der Waals surface area contributed by atoms with Crippen molar-refractivity contribution in [3.05, 3.63) is 24.5 Å². The molecule has 1 saturated carbocycles. The van der Waals surface area contributed by atoms with Gasteiger partial charge in [0.25, 0.3) is 0 Å². The van der Waals surface area contributed by atoms with E-state index in [1.807, 2.05) is 22.1 Å². The van der Waals surface area contributed by atoms with Crippen LogP contribution in [0, 0.1) is 11.3 Å². The average Bonchev–Trinajstić information content (AvgIpc) is 3.15. The van der Waals surface area contributed by atoms with Crippen LogP contribution in [0.3, 0.4) is 0 Å².